The van der Waals surface area contributed by atoms with Gasteiger partial charge in [-0.15, -0.1) is 0 Å². The van der Waals surface area contributed by atoms with Crippen molar-refractivity contribution >= 4 is 0 Å². The Hall–Kier alpha value is -0.680. The van der Waals surface area contributed by atoms with Crippen molar-refractivity contribution in [2.45, 2.75) is 98.5 Å². The van der Waals surface area contributed by atoms with E-state index in [1.807, 2.05) is 0 Å². The Balaban J connectivity index is 1.68. The van der Waals surface area contributed by atoms with Gasteiger partial charge in [0.2, 0.25) is 0 Å². The van der Waals surface area contributed by atoms with E-state index in [1.54, 1.807) is 0 Å². The first-order chi connectivity index (χ1) is 18.1. The summed E-state index contributed by atoms with van der Waals surface area (Å²) in [5.74, 6) is 0. The van der Waals surface area contributed by atoms with Crippen LogP contribution in [0, 0.1) is 0 Å². The van der Waals surface area contributed by atoms with E-state index in [4.69, 9.17) is 34.2 Å². The molecular weight excluding hydrogens is 522 g/mol. The van der Waals surface area contributed by atoms with Crippen molar-refractivity contribution < 1.29 is 79.5 Å². The monoisotopic (exact) mass is 561 g/mol. The molecule has 0 aromatic carbocycles. The third-order valence-corrected chi connectivity index (χ3v) is 6.70. The molecule has 15 atom stereocenters. The van der Waals surface area contributed by atoms with Crippen molar-refractivity contribution in [1.82, 2.24) is 0 Å². The summed E-state index contributed by atoms with van der Waals surface area (Å²) in [5, 5.41) is 101. The van der Waals surface area contributed by atoms with Gasteiger partial charge in [0.15, 0.2) is 18.9 Å². The largest absolute Gasteiger partial charge is 0.394 e. The number of aliphatic hydroxyl groups is 10. The Bertz CT molecular complexity index is 702. The van der Waals surface area contributed by atoms with Gasteiger partial charge in [-0.05, 0) is 13.0 Å². The van der Waals surface area contributed by atoms with Crippen LogP contribution in [0.4, 0.5) is 0 Å². The van der Waals surface area contributed by atoms with Crippen LogP contribution in [0.5, 0.6) is 0 Å². The fourth-order valence-corrected chi connectivity index (χ4v) is 4.46. The summed E-state index contributed by atoms with van der Waals surface area (Å²) >= 11 is 0. The molecule has 0 amide bonds. The average Bonchev–Trinajstić information content (AvgIpc) is 2.91. The maximum atomic E-state index is 10.7. The van der Waals surface area contributed by atoms with Crippen LogP contribution in [0.15, 0.2) is 0 Å². The van der Waals surface area contributed by atoms with Crippen LogP contribution in [0.2, 0.25) is 0 Å². The van der Waals surface area contributed by atoms with Gasteiger partial charge in [0.1, 0.15) is 73.2 Å². The maximum absolute atomic E-state index is 10.7. The highest BCUT2D eigenvalue weighted by Gasteiger charge is 2.53. The highest BCUT2D eigenvalue weighted by molar-refractivity contribution is 4.96. The normalized spacial score (nSPS) is 48.2. The highest BCUT2D eigenvalue weighted by atomic mass is 16.8. The number of nitrogens with two attached hydrogens (primary N) is 1. The van der Waals surface area contributed by atoms with Crippen molar-refractivity contribution in [3.8, 4) is 0 Å². The zero-order chi connectivity index (χ0) is 28.1. The number of aliphatic hydroxyl groups excluding tert-OH is 10. The minimum Gasteiger partial charge on any atom is -0.394 e. The van der Waals surface area contributed by atoms with Gasteiger partial charge in [0.25, 0.3) is 0 Å². The Labute approximate surface area is 217 Å². The van der Waals surface area contributed by atoms with Crippen molar-refractivity contribution in [1.29, 1.82) is 0 Å². The molecule has 3 aliphatic rings. The van der Waals surface area contributed by atoms with Crippen LogP contribution in [-0.2, 0) is 28.4 Å². The van der Waals surface area contributed by atoms with Gasteiger partial charge in [-0.2, -0.15) is 0 Å². The molecule has 0 spiro atoms. The van der Waals surface area contributed by atoms with Crippen molar-refractivity contribution in [3.63, 3.8) is 0 Å². The van der Waals surface area contributed by atoms with Gasteiger partial charge in [-0.3, -0.25) is 0 Å². The number of hydrogen-bond donors (Lipinski definition) is 11. The Morgan fingerprint density at radius 2 is 0.947 bits per heavy atom. The standard InChI is InChI=1S/C21H39NO16/c22-2-1-3-33-19-15(31)12(28)17(8(5-24)35-19)38-21-16(32)13(29)18(9(6-25)36-21)37-20-14(30)11(27)10(26)7(4-23)34-20/h7-21,23-32H,1-6,22H2/t7?,8?,9?,10-,11?,12?,13?,14?,15?,16?,17+,18-,19+,20+,21-/m0/s1. The summed E-state index contributed by atoms with van der Waals surface area (Å²) in [4.78, 5) is 0. The SMILES string of the molecule is NCCCO[C@@H]1OC(CO)[C@@H](O[C@@H]2OC(CO)[C@H](O[C@H]3OC(CO)[C@H](O)C(O)C3O)C(O)C2O)C(O)C1O. The number of ether oxygens (including phenoxy) is 6. The fraction of sp³-hybridized carbons (Fsp3) is 1.00. The van der Waals surface area contributed by atoms with Gasteiger partial charge in [0, 0.05) is 0 Å². The second-order valence-electron chi connectivity index (χ2n) is 9.33. The van der Waals surface area contributed by atoms with Crippen LogP contribution in [0.25, 0.3) is 0 Å². The molecule has 224 valence electrons. The van der Waals surface area contributed by atoms with E-state index in [0.717, 1.165) is 0 Å². The van der Waals surface area contributed by atoms with Crippen LogP contribution in [0.3, 0.4) is 0 Å². The van der Waals surface area contributed by atoms with Crippen molar-refractivity contribution in [3.05, 3.63) is 0 Å². The Morgan fingerprint density at radius 3 is 1.42 bits per heavy atom. The molecule has 0 saturated carbocycles. The first kappa shape index (κ1) is 31.8. The molecule has 3 aliphatic heterocycles. The number of hydrogen-bond acceptors (Lipinski definition) is 17. The first-order valence-electron chi connectivity index (χ1n) is 12.3. The highest BCUT2D eigenvalue weighted by Crippen LogP contribution is 2.32. The van der Waals surface area contributed by atoms with E-state index in [1.165, 1.54) is 0 Å². The molecule has 3 rings (SSSR count). The molecule has 17 heteroatoms. The molecule has 0 aliphatic carbocycles. The van der Waals surface area contributed by atoms with Gasteiger partial charge in [-0.1, -0.05) is 0 Å². The molecule has 0 bridgehead atoms. The summed E-state index contributed by atoms with van der Waals surface area (Å²) in [6, 6.07) is 0. The summed E-state index contributed by atoms with van der Waals surface area (Å²) in [5.41, 5.74) is 5.40. The molecule has 0 aromatic heterocycles. The number of rotatable bonds is 11. The molecular formula is C21H39NO16. The second kappa shape index (κ2) is 14.3. The minimum atomic E-state index is -1.89. The Morgan fingerprint density at radius 1 is 0.526 bits per heavy atom. The predicted molar refractivity (Wildman–Crippen MR) is 119 cm³/mol. The summed E-state index contributed by atoms with van der Waals surface area (Å²) < 4.78 is 32.6. The van der Waals surface area contributed by atoms with Gasteiger partial charge < -0.3 is 85.2 Å². The molecule has 3 fully saturated rings. The van der Waals surface area contributed by atoms with Crippen LogP contribution in [-0.4, -0.2) is 176 Å². The van der Waals surface area contributed by atoms with Gasteiger partial charge in [-0.25, -0.2) is 0 Å². The van der Waals surface area contributed by atoms with E-state index in [9.17, 15) is 51.1 Å². The third-order valence-electron chi connectivity index (χ3n) is 6.70. The first-order valence-corrected chi connectivity index (χ1v) is 12.3. The lowest BCUT2D eigenvalue weighted by atomic mass is 9.96. The summed E-state index contributed by atoms with van der Waals surface area (Å²) in [6.45, 7) is -1.81. The molecule has 0 aromatic rings. The van der Waals surface area contributed by atoms with E-state index in [-0.39, 0.29) is 6.61 Å². The van der Waals surface area contributed by atoms with Gasteiger partial charge >= 0.3 is 0 Å². The lowest BCUT2D eigenvalue weighted by Gasteiger charge is -2.48. The average molecular weight is 562 g/mol. The summed E-state index contributed by atoms with van der Waals surface area (Å²) in [6.07, 6.45) is -23.6. The second-order valence-corrected chi connectivity index (χ2v) is 9.33. The lowest BCUT2D eigenvalue weighted by Crippen LogP contribution is -2.66. The topological polar surface area (TPSA) is 284 Å². The summed E-state index contributed by atoms with van der Waals surface area (Å²) in [7, 11) is 0. The smallest absolute Gasteiger partial charge is 0.187 e. The molecule has 0 radical (unpaired) electrons. The maximum Gasteiger partial charge on any atom is 0.187 e. The molecule has 9 unspecified atom stereocenters. The minimum absolute atomic E-state index is 0.110. The van der Waals surface area contributed by atoms with E-state index in [0.29, 0.717) is 13.0 Å². The van der Waals surface area contributed by atoms with Crippen molar-refractivity contribution in [2.24, 2.45) is 5.73 Å². The molecule has 3 heterocycles. The van der Waals surface area contributed by atoms with Crippen molar-refractivity contribution in [2.75, 3.05) is 33.0 Å². The Kier molecular flexibility index (Phi) is 12.0. The molecule has 38 heavy (non-hydrogen) atoms. The van der Waals surface area contributed by atoms with Gasteiger partial charge in [0.05, 0.1) is 26.4 Å². The molecule has 12 N–H and O–H groups in total. The lowest BCUT2D eigenvalue weighted by molar-refractivity contribution is -0.379. The van der Waals surface area contributed by atoms with E-state index < -0.39 is 112 Å². The predicted octanol–water partition coefficient (Wildman–Crippen LogP) is -7.20. The molecule has 17 nitrogen and oxygen atoms in total. The zero-order valence-electron chi connectivity index (χ0n) is 20.4. The van der Waals surface area contributed by atoms with Crippen LogP contribution in [0.1, 0.15) is 6.42 Å². The zero-order valence-corrected chi connectivity index (χ0v) is 20.4. The fourth-order valence-electron chi connectivity index (χ4n) is 4.46. The van der Waals surface area contributed by atoms with Crippen LogP contribution < -0.4 is 5.73 Å². The van der Waals surface area contributed by atoms with E-state index in [2.05, 4.69) is 0 Å². The third kappa shape index (κ3) is 6.78. The van der Waals surface area contributed by atoms with Crippen LogP contribution >= 0.6 is 0 Å². The molecule has 3 saturated heterocycles. The van der Waals surface area contributed by atoms with E-state index >= 15 is 0 Å². The quantitative estimate of drug-likeness (QED) is 0.104.